The van der Waals surface area contributed by atoms with E-state index in [0.29, 0.717) is 6.42 Å². The van der Waals surface area contributed by atoms with Crippen LogP contribution < -0.4 is 5.32 Å². The van der Waals surface area contributed by atoms with Crippen LogP contribution in [0.2, 0.25) is 0 Å². The Balaban J connectivity index is 1.45. The van der Waals surface area contributed by atoms with Gasteiger partial charge in [0.15, 0.2) is 5.13 Å². The summed E-state index contributed by atoms with van der Waals surface area (Å²) in [6.45, 7) is 4.33. The number of aromatic nitrogens is 1. The molecule has 2 aromatic rings. The minimum atomic E-state index is 0.0970. The van der Waals surface area contributed by atoms with Crippen molar-refractivity contribution in [1.82, 2.24) is 4.98 Å². The van der Waals surface area contributed by atoms with Gasteiger partial charge in [0.1, 0.15) is 0 Å². The number of hydrogen-bond acceptors (Lipinski definition) is 3. The first kappa shape index (κ1) is 22.9. The quantitative estimate of drug-likeness (QED) is 0.306. The Hall–Kier alpha value is -1.42. The zero-order valence-corrected chi connectivity index (χ0v) is 18.7. The first-order valence-electron chi connectivity index (χ1n) is 11.4. The summed E-state index contributed by atoms with van der Waals surface area (Å²) in [5.74, 6) is 0.0970. The summed E-state index contributed by atoms with van der Waals surface area (Å²) in [6.07, 6.45) is 17.9. The first-order valence-corrected chi connectivity index (χ1v) is 12.2. The number of amides is 1. The van der Waals surface area contributed by atoms with Crippen molar-refractivity contribution in [3.63, 3.8) is 0 Å². The summed E-state index contributed by atoms with van der Waals surface area (Å²) >= 11 is 1.56. The molecular weight excluding hydrogens is 364 g/mol. The molecule has 3 nitrogen and oxygen atoms in total. The van der Waals surface area contributed by atoms with E-state index in [-0.39, 0.29) is 5.91 Å². The molecule has 0 aliphatic carbocycles. The molecule has 4 heteroatoms. The van der Waals surface area contributed by atoms with Gasteiger partial charge >= 0.3 is 0 Å². The lowest BCUT2D eigenvalue weighted by molar-refractivity contribution is -0.116. The monoisotopic (exact) mass is 402 g/mol. The number of aryl methyl sites for hydroxylation is 1. The van der Waals surface area contributed by atoms with Gasteiger partial charge in [0.2, 0.25) is 5.91 Å². The normalized spacial score (nSPS) is 11.2. The lowest BCUT2D eigenvalue weighted by Gasteiger charge is -2.03. The number of nitrogens with one attached hydrogen (secondary N) is 1. The summed E-state index contributed by atoms with van der Waals surface area (Å²) < 4.78 is 1.14. The van der Waals surface area contributed by atoms with Gasteiger partial charge in [-0.1, -0.05) is 107 Å². The van der Waals surface area contributed by atoms with Crippen molar-refractivity contribution in [2.24, 2.45) is 0 Å². The van der Waals surface area contributed by atoms with Gasteiger partial charge in [-0.3, -0.25) is 4.79 Å². The molecule has 1 heterocycles. The molecule has 0 spiro atoms. The number of nitrogens with zero attached hydrogens (tertiary/aromatic N) is 1. The highest BCUT2D eigenvalue weighted by Gasteiger charge is 2.08. The Morgan fingerprint density at radius 3 is 2.04 bits per heavy atom. The van der Waals surface area contributed by atoms with Crippen molar-refractivity contribution in [3.05, 3.63) is 23.8 Å². The van der Waals surface area contributed by atoms with E-state index in [2.05, 4.69) is 36.3 Å². The van der Waals surface area contributed by atoms with Crippen molar-refractivity contribution >= 4 is 32.6 Å². The summed E-state index contributed by atoms with van der Waals surface area (Å²) in [7, 11) is 0. The van der Waals surface area contributed by atoms with E-state index in [1.165, 1.54) is 70.6 Å². The van der Waals surface area contributed by atoms with E-state index < -0.39 is 0 Å². The van der Waals surface area contributed by atoms with E-state index in [1.807, 2.05) is 6.07 Å². The van der Waals surface area contributed by atoms with Crippen LogP contribution in [0.15, 0.2) is 18.2 Å². The van der Waals surface area contributed by atoms with Crippen molar-refractivity contribution in [2.45, 2.75) is 104 Å². The van der Waals surface area contributed by atoms with Crippen LogP contribution in [0.3, 0.4) is 0 Å². The SMILES string of the molecule is CCCCCCCCCCCCCCCC(=O)Nc1nc2c(C)cccc2s1. The predicted octanol–water partition coefficient (Wildman–Crippen LogP) is 8.02. The van der Waals surface area contributed by atoms with Gasteiger partial charge in [-0.2, -0.15) is 0 Å². The molecule has 0 bridgehead atoms. The Labute approximate surface area is 175 Å². The van der Waals surface area contributed by atoms with Crippen LogP contribution in [0, 0.1) is 6.92 Å². The van der Waals surface area contributed by atoms with Gasteiger partial charge in [0.25, 0.3) is 0 Å². The van der Waals surface area contributed by atoms with Crippen LogP contribution >= 0.6 is 11.3 Å². The highest BCUT2D eigenvalue weighted by atomic mass is 32.1. The van der Waals surface area contributed by atoms with Gasteiger partial charge in [-0.15, -0.1) is 0 Å². The maximum absolute atomic E-state index is 12.1. The standard InChI is InChI=1S/C24H38N2OS/c1-3-4-5-6-7-8-9-10-11-12-13-14-15-19-22(27)25-24-26-23-20(2)17-16-18-21(23)28-24/h16-18H,3-15,19H2,1-2H3,(H,25,26,27). The molecule has 1 N–H and O–H groups in total. The molecule has 28 heavy (non-hydrogen) atoms. The highest BCUT2D eigenvalue weighted by molar-refractivity contribution is 7.22. The second-order valence-corrected chi connectivity index (χ2v) is 9.01. The van der Waals surface area contributed by atoms with Gasteiger partial charge in [-0.05, 0) is 25.0 Å². The highest BCUT2D eigenvalue weighted by Crippen LogP contribution is 2.28. The van der Waals surface area contributed by atoms with Gasteiger partial charge in [0, 0.05) is 6.42 Å². The van der Waals surface area contributed by atoms with Gasteiger partial charge in [0.05, 0.1) is 10.2 Å². The van der Waals surface area contributed by atoms with E-state index in [1.54, 1.807) is 11.3 Å². The fourth-order valence-electron chi connectivity index (χ4n) is 3.62. The number of rotatable bonds is 15. The molecule has 0 saturated carbocycles. The number of para-hydroxylation sites is 1. The number of carbonyl (C=O) groups is 1. The molecule has 0 aliphatic heterocycles. The molecule has 156 valence electrons. The summed E-state index contributed by atoms with van der Waals surface area (Å²) in [5, 5.41) is 3.70. The molecule has 0 fully saturated rings. The maximum Gasteiger partial charge on any atom is 0.226 e. The van der Waals surface area contributed by atoms with Crippen LogP contribution in [0.5, 0.6) is 0 Å². The minimum Gasteiger partial charge on any atom is -0.302 e. The lowest BCUT2D eigenvalue weighted by atomic mass is 10.0. The molecule has 0 radical (unpaired) electrons. The number of anilines is 1. The molecule has 0 saturated heterocycles. The Morgan fingerprint density at radius 2 is 1.46 bits per heavy atom. The molecule has 0 unspecified atom stereocenters. The number of fused-ring (bicyclic) bond motifs is 1. The van der Waals surface area contributed by atoms with Crippen LogP contribution in [0.4, 0.5) is 5.13 Å². The predicted molar refractivity (Wildman–Crippen MR) is 123 cm³/mol. The Kier molecular flexibility index (Phi) is 11.2. The molecule has 0 aliphatic rings. The van der Waals surface area contributed by atoms with Crippen LogP contribution in [0.25, 0.3) is 10.2 Å². The third-order valence-electron chi connectivity index (χ3n) is 5.37. The summed E-state index contributed by atoms with van der Waals surface area (Å²) in [4.78, 5) is 16.7. The molecular formula is C24H38N2OS. The molecule has 1 amide bonds. The van der Waals surface area contributed by atoms with Crippen molar-refractivity contribution in [1.29, 1.82) is 0 Å². The number of hydrogen-bond donors (Lipinski definition) is 1. The first-order chi connectivity index (χ1) is 13.7. The van der Waals surface area contributed by atoms with Gasteiger partial charge in [-0.25, -0.2) is 4.98 Å². The van der Waals surface area contributed by atoms with E-state index in [9.17, 15) is 4.79 Å². The number of unbranched alkanes of at least 4 members (excludes halogenated alkanes) is 12. The van der Waals surface area contributed by atoms with Crippen LogP contribution in [-0.4, -0.2) is 10.9 Å². The minimum absolute atomic E-state index is 0.0970. The van der Waals surface area contributed by atoms with Crippen molar-refractivity contribution in [3.8, 4) is 0 Å². The fourth-order valence-corrected chi connectivity index (χ4v) is 4.58. The van der Waals surface area contributed by atoms with Crippen LogP contribution in [0.1, 0.15) is 102 Å². The number of benzene rings is 1. The molecule has 1 aromatic carbocycles. The Morgan fingerprint density at radius 1 is 0.893 bits per heavy atom. The molecule has 0 atom stereocenters. The van der Waals surface area contributed by atoms with Crippen molar-refractivity contribution in [2.75, 3.05) is 5.32 Å². The number of thiazole rings is 1. The number of carbonyl (C=O) groups excluding carboxylic acids is 1. The van der Waals surface area contributed by atoms with Gasteiger partial charge < -0.3 is 5.32 Å². The third kappa shape index (κ3) is 8.72. The lowest BCUT2D eigenvalue weighted by Crippen LogP contribution is -2.10. The summed E-state index contributed by atoms with van der Waals surface area (Å²) in [6, 6.07) is 6.15. The zero-order chi connectivity index (χ0) is 20.0. The average Bonchev–Trinajstić information content (AvgIpc) is 3.09. The Bertz CT molecular complexity index is 695. The average molecular weight is 403 g/mol. The van der Waals surface area contributed by atoms with E-state index in [4.69, 9.17) is 0 Å². The second-order valence-electron chi connectivity index (χ2n) is 7.98. The molecule has 2 rings (SSSR count). The topological polar surface area (TPSA) is 42.0 Å². The fraction of sp³-hybridized carbons (Fsp3) is 0.667. The molecule has 1 aromatic heterocycles. The zero-order valence-electron chi connectivity index (χ0n) is 17.9. The van der Waals surface area contributed by atoms with Crippen LogP contribution in [-0.2, 0) is 4.79 Å². The van der Waals surface area contributed by atoms with E-state index in [0.717, 1.165) is 33.8 Å². The third-order valence-corrected chi connectivity index (χ3v) is 6.31. The largest absolute Gasteiger partial charge is 0.302 e. The second kappa shape index (κ2) is 13.7. The summed E-state index contributed by atoms with van der Waals surface area (Å²) in [5.41, 5.74) is 2.16. The smallest absolute Gasteiger partial charge is 0.226 e. The van der Waals surface area contributed by atoms with E-state index >= 15 is 0 Å². The van der Waals surface area contributed by atoms with Crippen molar-refractivity contribution < 1.29 is 4.79 Å². The maximum atomic E-state index is 12.1.